The van der Waals surface area contributed by atoms with Crippen LogP contribution in [0.2, 0.25) is 5.02 Å². The second-order valence-electron chi connectivity index (χ2n) is 3.37. The normalized spacial score (nSPS) is 12.9. The van der Waals surface area contributed by atoms with Crippen LogP contribution in [0.1, 0.15) is 30.1 Å². The summed E-state index contributed by atoms with van der Waals surface area (Å²) in [5.74, 6) is 0.451. The number of rotatable bonds is 4. The predicted molar refractivity (Wildman–Crippen MR) is 67.3 cm³/mol. The van der Waals surface area contributed by atoms with Crippen LogP contribution < -0.4 is 0 Å². The largest absolute Gasteiger partial charge is 0.261 e. The van der Waals surface area contributed by atoms with Crippen molar-refractivity contribution in [3.8, 4) is 0 Å². The summed E-state index contributed by atoms with van der Waals surface area (Å²) in [6.45, 7) is 2.10. The standard InChI is InChI=1S/C10H11Cl2N3S/c1-2-9(15-5-7(12)4-13-15)10-14-8(3-11)6-16-10/h4-6,9H,2-3H2,1H3. The van der Waals surface area contributed by atoms with Crippen LogP contribution in [-0.2, 0) is 5.88 Å². The van der Waals surface area contributed by atoms with Gasteiger partial charge in [-0.05, 0) is 6.42 Å². The van der Waals surface area contributed by atoms with E-state index in [9.17, 15) is 0 Å². The maximum Gasteiger partial charge on any atom is 0.118 e. The Hall–Kier alpha value is -0.580. The minimum atomic E-state index is 0.148. The van der Waals surface area contributed by atoms with E-state index in [0.29, 0.717) is 10.9 Å². The highest BCUT2D eigenvalue weighted by Gasteiger charge is 2.16. The molecule has 16 heavy (non-hydrogen) atoms. The van der Waals surface area contributed by atoms with Gasteiger partial charge in [0.05, 0.1) is 22.8 Å². The topological polar surface area (TPSA) is 30.7 Å². The van der Waals surface area contributed by atoms with Gasteiger partial charge in [-0.2, -0.15) is 5.10 Å². The van der Waals surface area contributed by atoms with E-state index in [0.717, 1.165) is 17.1 Å². The molecule has 0 spiro atoms. The van der Waals surface area contributed by atoms with E-state index in [1.165, 1.54) is 0 Å². The summed E-state index contributed by atoms with van der Waals surface area (Å²) in [6, 6.07) is 0.148. The van der Waals surface area contributed by atoms with Gasteiger partial charge >= 0.3 is 0 Å². The Bertz CT molecular complexity index is 466. The molecular formula is C10H11Cl2N3S. The molecule has 1 unspecified atom stereocenters. The van der Waals surface area contributed by atoms with Crippen molar-refractivity contribution in [2.75, 3.05) is 0 Å². The fraction of sp³-hybridized carbons (Fsp3) is 0.400. The molecule has 0 fully saturated rings. The minimum absolute atomic E-state index is 0.148. The molecule has 1 atom stereocenters. The summed E-state index contributed by atoms with van der Waals surface area (Å²) in [5.41, 5.74) is 0.915. The lowest BCUT2D eigenvalue weighted by Crippen LogP contribution is -2.09. The molecule has 0 aliphatic heterocycles. The van der Waals surface area contributed by atoms with Gasteiger partial charge in [-0.25, -0.2) is 4.98 Å². The first-order chi connectivity index (χ1) is 7.74. The van der Waals surface area contributed by atoms with E-state index in [2.05, 4.69) is 17.0 Å². The van der Waals surface area contributed by atoms with Crippen molar-refractivity contribution < 1.29 is 0 Å². The van der Waals surface area contributed by atoms with Crippen LogP contribution in [0.4, 0.5) is 0 Å². The van der Waals surface area contributed by atoms with E-state index in [4.69, 9.17) is 23.2 Å². The third-order valence-corrected chi connectivity index (χ3v) is 3.73. The number of nitrogens with zero attached hydrogens (tertiary/aromatic N) is 3. The Morgan fingerprint density at radius 2 is 2.38 bits per heavy atom. The zero-order valence-corrected chi connectivity index (χ0v) is 11.1. The first kappa shape index (κ1) is 11.9. The maximum absolute atomic E-state index is 5.86. The zero-order valence-electron chi connectivity index (χ0n) is 8.73. The molecule has 0 saturated heterocycles. The number of aromatic nitrogens is 3. The van der Waals surface area contributed by atoms with E-state index < -0.39 is 0 Å². The second-order valence-corrected chi connectivity index (χ2v) is 4.97. The molecule has 2 aromatic rings. The van der Waals surface area contributed by atoms with Gasteiger partial charge in [0.15, 0.2) is 0 Å². The summed E-state index contributed by atoms with van der Waals surface area (Å²) in [6.07, 6.45) is 4.38. The van der Waals surface area contributed by atoms with E-state index in [-0.39, 0.29) is 6.04 Å². The van der Waals surface area contributed by atoms with Gasteiger partial charge in [-0.15, -0.1) is 22.9 Å². The van der Waals surface area contributed by atoms with Gasteiger partial charge in [0.25, 0.3) is 0 Å². The van der Waals surface area contributed by atoms with Crippen molar-refractivity contribution in [1.29, 1.82) is 0 Å². The molecule has 3 nitrogen and oxygen atoms in total. The van der Waals surface area contributed by atoms with Crippen molar-refractivity contribution in [2.24, 2.45) is 0 Å². The minimum Gasteiger partial charge on any atom is -0.261 e. The fourth-order valence-corrected chi connectivity index (χ4v) is 2.86. The number of halogens is 2. The van der Waals surface area contributed by atoms with Crippen molar-refractivity contribution in [2.45, 2.75) is 25.3 Å². The zero-order chi connectivity index (χ0) is 11.5. The Balaban J connectivity index is 2.28. The van der Waals surface area contributed by atoms with Crippen LogP contribution in [0.5, 0.6) is 0 Å². The van der Waals surface area contributed by atoms with Crippen molar-refractivity contribution in [3.63, 3.8) is 0 Å². The summed E-state index contributed by atoms with van der Waals surface area (Å²) in [5, 5.41) is 7.87. The predicted octanol–water partition coefficient (Wildman–Crippen LogP) is 3.73. The van der Waals surface area contributed by atoms with Gasteiger partial charge in [-0.1, -0.05) is 18.5 Å². The molecule has 2 aromatic heterocycles. The van der Waals surface area contributed by atoms with Gasteiger partial charge in [0.2, 0.25) is 0 Å². The SMILES string of the molecule is CCC(c1nc(CCl)cs1)n1cc(Cl)cn1. The van der Waals surface area contributed by atoms with Crippen LogP contribution in [0.25, 0.3) is 0 Å². The molecule has 0 bridgehead atoms. The van der Waals surface area contributed by atoms with Crippen LogP contribution >= 0.6 is 34.5 Å². The van der Waals surface area contributed by atoms with E-state index in [1.807, 2.05) is 16.3 Å². The molecule has 0 aliphatic rings. The molecule has 6 heteroatoms. The Morgan fingerprint density at radius 1 is 1.56 bits per heavy atom. The average Bonchev–Trinajstić information content (AvgIpc) is 2.89. The summed E-state index contributed by atoms with van der Waals surface area (Å²) < 4.78 is 1.85. The van der Waals surface area contributed by atoms with Crippen LogP contribution in [0.15, 0.2) is 17.8 Å². The van der Waals surface area contributed by atoms with Gasteiger partial charge in [0.1, 0.15) is 11.0 Å². The van der Waals surface area contributed by atoms with Gasteiger partial charge in [-0.3, -0.25) is 4.68 Å². The second kappa shape index (κ2) is 5.17. The van der Waals surface area contributed by atoms with Crippen LogP contribution in [0, 0.1) is 0 Å². The number of thiazole rings is 1. The van der Waals surface area contributed by atoms with E-state index >= 15 is 0 Å². The molecule has 0 aliphatic carbocycles. The molecule has 2 rings (SSSR count). The average molecular weight is 276 g/mol. The monoisotopic (exact) mass is 275 g/mol. The number of alkyl halides is 1. The molecule has 2 heterocycles. The first-order valence-electron chi connectivity index (χ1n) is 4.94. The fourth-order valence-electron chi connectivity index (χ4n) is 1.50. The maximum atomic E-state index is 5.86. The molecular weight excluding hydrogens is 265 g/mol. The molecule has 86 valence electrons. The lowest BCUT2D eigenvalue weighted by molar-refractivity contribution is 0.506. The van der Waals surface area contributed by atoms with Crippen molar-refractivity contribution in [3.05, 3.63) is 33.5 Å². The molecule has 0 radical (unpaired) electrons. The quantitative estimate of drug-likeness (QED) is 0.796. The van der Waals surface area contributed by atoms with Crippen molar-refractivity contribution in [1.82, 2.24) is 14.8 Å². The smallest absolute Gasteiger partial charge is 0.118 e. The molecule has 0 saturated carbocycles. The van der Waals surface area contributed by atoms with E-state index in [1.54, 1.807) is 17.5 Å². The van der Waals surface area contributed by atoms with Crippen LogP contribution in [0.3, 0.4) is 0 Å². The lowest BCUT2D eigenvalue weighted by Gasteiger charge is -2.11. The summed E-state index contributed by atoms with van der Waals surface area (Å²) in [7, 11) is 0. The Morgan fingerprint density at radius 3 is 2.88 bits per heavy atom. The molecule has 0 amide bonds. The first-order valence-corrected chi connectivity index (χ1v) is 6.73. The third kappa shape index (κ3) is 2.39. The lowest BCUT2D eigenvalue weighted by atomic mass is 10.2. The summed E-state index contributed by atoms with van der Waals surface area (Å²) >= 11 is 13.2. The highest BCUT2D eigenvalue weighted by atomic mass is 35.5. The Labute approximate surface area is 108 Å². The molecule has 0 N–H and O–H groups in total. The highest BCUT2D eigenvalue weighted by molar-refractivity contribution is 7.09. The van der Waals surface area contributed by atoms with Crippen molar-refractivity contribution >= 4 is 34.5 Å². The number of hydrogen-bond donors (Lipinski definition) is 0. The Kier molecular flexibility index (Phi) is 3.84. The highest BCUT2D eigenvalue weighted by Crippen LogP contribution is 2.26. The number of hydrogen-bond acceptors (Lipinski definition) is 3. The van der Waals surface area contributed by atoms with Gasteiger partial charge in [0, 0.05) is 11.6 Å². The molecule has 0 aromatic carbocycles. The third-order valence-electron chi connectivity index (χ3n) is 2.27. The van der Waals surface area contributed by atoms with Crippen LogP contribution in [-0.4, -0.2) is 14.8 Å². The van der Waals surface area contributed by atoms with Gasteiger partial charge < -0.3 is 0 Å². The summed E-state index contributed by atoms with van der Waals surface area (Å²) in [4.78, 5) is 4.47.